The Bertz CT molecular complexity index is 3580. The molecule has 0 saturated heterocycles. The first-order valence-electron chi connectivity index (χ1n) is 20.9. The summed E-state index contributed by atoms with van der Waals surface area (Å²) in [6.45, 7) is 0. The largest absolute Gasteiger partial charge is 0.455 e. The molecule has 0 atom stereocenters. The van der Waals surface area contributed by atoms with Gasteiger partial charge in [0.25, 0.3) is 0 Å². The Labute approximate surface area is 305 Å². The summed E-state index contributed by atoms with van der Waals surface area (Å²) in [6, 6.07) is 40.9. The molecule has 1 aromatic heterocycles. The summed E-state index contributed by atoms with van der Waals surface area (Å²) in [5, 5.41) is 8.78. The molecule has 11 rings (SSSR count). The zero-order valence-electron chi connectivity index (χ0n) is 35.1. The van der Waals surface area contributed by atoms with Crippen molar-refractivity contribution < 1.29 is 15.4 Å². The average Bonchev–Trinajstić information content (AvgIpc) is 3.66. The van der Waals surface area contributed by atoms with Crippen LogP contribution in [-0.2, 0) is 0 Å². The fraction of sp³-hybridized carbons (Fsp3) is 0. The van der Waals surface area contributed by atoms with Crippen molar-refractivity contribution in [2.24, 2.45) is 0 Å². The van der Waals surface area contributed by atoms with Gasteiger partial charge in [-0.15, -0.1) is 0 Å². The normalized spacial score (nSPS) is 14.1. The number of furan rings is 1. The van der Waals surface area contributed by atoms with E-state index in [0.717, 1.165) is 54.2 Å². The van der Waals surface area contributed by atoms with Gasteiger partial charge in [-0.05, 0) is 112 Å². The first-order valence-corrected chi connectivity index (χ1v) is 16.9. The number of hydrogen-bond acceptors (Lipinski definition) is 1. The van der Waals surface area contributed by atoms with E-state index in [-0.39, 0.29) is 45.7 Å². The highest BCUT2D eigenvalue weighted by Crippen LogP contribution is 2.45. The maximum atomic E-state index is 9.44. The van der Waals surface area contributed by atoms with Gasteiger partial charge in [-0.2, -0.15) is 0 Å². The van der Waals surface area contributed by atoms with E-state index in [9.17, 15) is 5.48 Å². The highest BCUT2D eigenvalue weighted by atomic mass is 16.3. The molecule has 0 aliphatic heterocycles. The topological polar surface area (TPSA) is 13.1 Å². The smallest absolute Gasteiger partial charge is 0.143 e. The van der Waals surface area contributed by atoms with Crippen LogP contribution >= 0.6 is 0 Å². The van der Waals surface area contributed by atoms with Crippen LogP contribution in [0.1, 0.15) is 11.0 Å². The summed E-state index contributed by atoms with van der Waals surface area (Å²) in [7, 11) is 0. The van der Waals surface area contributed by atoms with Crippen LogP contribution in [0, 0.1) is 0 Å². The summed E-state index contributed by atoms with van der Waals surface area (Å²) >= 11 is 0. The van der Waals surface area contributed by atoms with E-state index in [1.165, 1.54) is 0 Å². The molecule has 0 N–H and O–H groups in total. The van der Waals surface area contributed by atoms with Gasteiger partial charge in [-0.1, -0.05) is 151 Å². The van der Waals surface area contributed by atoms with Gasteiger partial charge in [-0.25, -0.2) is 0 Å². The molecule has 51 heavy (non-hydrogen) atoms. The molecule has 0 fully saturated rings. The quantitative estimate of drug-likeness (QED) is 0.136. The van der Waals surface area contributed by atoms with Crippen molar-refractivity contribution in [3.8, 4) is 33.4 Å². The van der Waals surface area contributed by atoms with Crippen molar-refractivity contribution in [2.45, 2.75) is 0 Å². The van der Waals surface area contributed by atoms with Crippen molar-refractivity contribution in [3.05, 3.63) is 182 Å². The van der Waals surface area contributed by atoms with Gasteiger partial charge in [-0.3, -0.25) is 0 Å². The van der Waals surface area contributed by atoms with Crippen LogP contribution in [0.4, 0.5) is 0 Å². The van der Waals surface area contributed by atoms with E-state index < -0.39 is 24.2 Å². The minimum absolute atomic E-state index is 0.170. The zero-order chi connectivity index (χ0) is 40.4. The van der Waals surface area contributed by atoms with Gasteiger partial charge >= 0.3 is 0 Å². The van der Waals surface area contributed by atoms with Gasteiger partial charge in [0.15, 0.2) is 0 Å². The van der Waals surface area contributed by atoms with E-state index in [4.69, 9.17) is 9.90 Å². The van der Waals surface area contributed by atoms with Crippen LogP contribution < -0.4 is 0 Å². The Hall–Kier alpha value is -6.70. The molecule has 0 aliphatic carbocycles. The predicted octanol–water partition coefficient (Wildman–Crippen LogP) is 14.4. The maximum absolute atomic E-state index is 9.44. The van der Waals surface area contributed by atoms with Crippen molar-refractivity contribution in [1.29, 1.82) is 0 Å². The lowest BCUT2D eigenvalue weighted by molar-refractivity contribution is 0.672. The number of hydrogen-bond donors (Lipinski definition) is 0. The second-order valence-corrected chi connectivity index (χ2v) is 13.0. The Morgan fingerprint density at radius 2 is 0.863 bits per heavy atom. The van der Waals surface area contributed by atoms with E-state index >= 15 is 0 Å². The van der Waals surface area contributed by atoms with Gasteiger partial charge in [0, 0.05) is 16.2 Å². The van der Waals surface area contributed by atoms with E-state index in [1.54, 1.807) is 6.07 Å². The highest BCUT2D eigenvalue weighted by Gasteiger charge is 2.19. The predicted molar refractivity (Wildman–Crippen MR) is 218 cm³/mol. The molecule has 1 nitrogen and oxygen atoms in total. The molecule has 0 radical (unpaired) electrons. The third-order valence-corrected chi connectivity index (χ3v) is 10.3. The summed E-state index contributed by atoms with van der Waals surface area (Å²) < 4.78 is 79.7. The monoisotopic (exact) mass is 654 g/mol. The van der Waals surface area contributed by atoms with E-state index in [1.807, 2.05) is 84.9 Å². The van der Waals surface area contributed by atoms with Crippen molar-refractivity contribution in [1.82, 2.24) is 0 Å². The van der Waals surface area contributed by atoms with Gasteiger partial charge in [0.05, 0.1) is 11.0 Å². The standard InChI is InChI=1S/C50H30O/c1-3-14-38-31(10-1)20-21-35-28-34(23-25-39(35)38)33-12-9-13-36(29-33)48-41-16-5-7-18-43(41)49(44-19-8-6-17-42(44)48)37-24-27-47-46(30-37)45-26-22-32-11-2-4-15-40(32)50(45)51-47/h1-30H/i5D,6D,7D,8D,16D,17D,18D,19D. The number of rotatable bonds is 3. The van der Waals surface area contributed by atoms with Crippen molar-refractivity contribution in [3.63, 3.8) is 0 Å². The van der Waals surface area contributed by atoms with Crippen molar-refractivity contribution in [2.75, 3.05) is 0 Å². The minimum Gasteiger partial charge on any atom is -0.455 e. The van der Waals surface area contributed by atoms with Gasteiger partial charge in [0.1, 0.15) is 11.2 Å². The first-order chi connectivity index (χ1) is 28.6. The second-order valence-electron chi connectivity index (χ2n) is 13.0. The fourth-order valence-electron chi connectivity index (χ4n) is 7.91. The molecule has 0 saturated carbocycles. The average molecular weight is 655 g/mol. The lowest BCUT2D eigenvalue weighted by Gasteiger charge is -2.18. The second kappa shape index (κ2) is 10.9. The summed E-state index contributed by atoms with van der Waals surface area (Å²) in [5.41, 5.74) is 4.80. The molecule has 1 heteroatoms. The number of benzene rings is 10. The van der Waals surface area contributed by atoms with E-state index in [0.29, 0.717) is 33.4 Å². The molecular formula is C50H30O. The SMILES string of the molecule is [2H]c1c([2H])c([2H])c2c(-c3ccc4oc5c6ccccc6ccc5c4c3)c3c([2H])c([2H])c([2H])c([2H])c3c(-c3cccc(-c4ccc5c(ccc6ccccc65)c4)c3)c2c1[2H]. The Balaban J connectivity index is 1.24. The summed E-state index contributed by atoms with van der Waals surface area (Å²) in [4.78, 5) is 0. The first kappa shape index (κ1) is 21.4. The lowest BCUT2D eigenvalue weighted by atomic mass is 9.85. The molecule has 236 valence electrons. The van der Waals surface area contributed by atoms with Gasteiger partial charge in [0.2, 0.25) is 0 Å². The van der Waals surface area contributed by atoms with Crippen LogP contribution in [0.5, 0.6) is 0 Å². The Kier molecular flexibility index (Phi) is 4.57. The third-order valence-electron chi connectivity index (χ3n) is 10.3. The molecule has 0 amide bonds. The third kappa shape index (κ3) is 4.28. The molecule has 11 aromatic rings. The van der Waals surface area contributed by atoms with Crippen LogP contribution in [0.3, 0.4) is 0 Å². The minimum atomic E-state index is -0.436. The molecule has 1 heterocycles. The Morgan fingerprint density at radius 3 is 1.61 bits per heavy atom. The van der Waals surface area contributed by atoms with Crippen molar-refractivity contribution >= 4 is 75.8 Å². The summed E-state index contributed by atoms with van der Waals surface area (Å²) in [6.07, 6.45) is 0. The highest BCUT2D eigenvalue weighted by molar-refractivity contribution is 6.23. The number of fused-ring (bicyclic) bond motifs is 10. The molecular weight excluding hydrogens is 617 g/mol. The van der Waals surface area contributed by atoms with Gasteiger partial charge < -0.3 is 4.42 Å². The van der Waals surface area contributed by atoms with Crippen LogP contribution in [0.25, 0.3) is 109 Å². The maximum Gasteiger partial charge on any atom is 0.143 e. The molecule has 0 unspecified atom stereocenters. The fourth-order valence-corrected chi connectivity index (χ4v) is 7.91. The zero-order valence-corrected chi connectivity index (χ0v) is 27.1. The molecule has 0 spiro atoms. The molecule has 0 aliphatic rings. The molecule has 10 aromatic carbocycles. The molecule has 0 bridgehead atoms. The van der Waals surface area contributed by atoms with Crippen LogP contribution in [0.2, 0.25) is 0 Å². The van der Waals surface area contributed by atoms with E-state index in [2.05, 4.69) is 42.5 Å². The summed E-state index contributed by atoms with van der Waals surface area (Å²) in [5.74, 6) is 0. The lowest BCUT2D eigenvalue weighted by Crippen LogP contribution is -1.91. The van der Waals surface area contributed by atoms with Crippen LogP contribution in [-0.4, -0.2) is 0 Å². The van der Waals surface area contributed by atoms with Crippen LogP contribution in [0.15, 0.2) is 186 Å². The Morgan fingerprint density at radius 1 is 0.333 bits per heavy atom.